The molecule has 1 unspecified atom stereocenters. The minimum absolute atomic E-state index is 0.171. The molecular formula is C12H24O5. The highest BCUT2D eigenvalue weighted by molar-refractivity contribution is 4.56. The Balaban J connectivity index is 2.16. The van der Waals surface area contributed by atoms with Gasteiger partial charge in [0.2, 0.25) is 0 Å². The zero-order valence-electron chi connectivity index (χ0n) is 10.4. The molecule has 1 fully saturated rings. The maximum atomic E-state index is 9.17. The predicted octanol–water partition coefficient (Wildman–Crippen LogP) is 0.455. The van der Waals surface area contributed by atoms with E-state index >= 15 is 0 Å². The van der Waals surface area contributed by atoms with Crippen molar-refractivity contribution in [3.05, 3.63) is 0 Å². The summed E-state index contributed by atoms with van der Waals surface area (Å²) in [5, 5.41) is 9.17. The number of aliphatic hydroxyl groups is 1. The van der Waals surface area contributed by atoms with Gasteiger partial charge in [-0.15, -0.1) is 0 Å². The van der Waals surface area contributed by atoms with Crippen LogP contribution in [-0.4, -0.2) is 64.6 Å². The monoisotopic (exact) mass is 248 g/mol. The van der Waals surface area contributed by atoms with Gasteiger partial charge in [-0.05, 0) is 12.8 Å². The highest BCUT2D eigenvalue weighted by Gasteiger charge is 2.07. The maximum absolute atomic E-state index is 9.17. The second-order valence-electron chi connectivity index (χ2n) is 4.10. The molecule has 0 aliphatic carbocycles. The molecule has 1 aliphatic rings. The third kappa shape index (κ3) is 8.51. The largest absolute Gasteiger partial charge is 0.396 e. The van der Waals surface area contributed by atoms with E-state index in [1.54, 1.807) is 0 Å². The molecule has 5 nitrogen and oxygen atoms in total. The Labute approximate surface area is 103 Å². The fourth-order valence-corrected chi connectivity index (χ4v) is 1.61. The van der Waals surface area contributed by atoms with Crippen molar-refractivity contribution >= 4 is 0 Å². The van der Waals surface area contributed by atoms with Crippen LogP contribution in [0, 0.1) is 5.92 Å². The summed E-state index contributed by atoms with van der Waals surface area (Å²) in [4.78, 5) is 0. The molecule has 1 N–H and O–H groups in total. The molecule has 1 atom stereocenters. The Bertz CT molecular complexity index is 149. The van der Waals surface area contributed by atoms with E-state index in [9.17, 15) is 0 Å². The molecule has 0 aromatic carbocycles. The van der Waals surface area contributed by atoms with Crippen LogP contribution in [0.4, 0.5) is 0 Å². The van der Waals surface area contributed by atoms with E-state index in [-0.39, 0.29) is 12.5 Å². The Hall–Kier alpha value is -0.200. The Morgan fingerprint density at radius 3 is 1.88 bits per heavy atom. The van der Waals surface area contributed by atoms with Gasteiger partial charge in [-0.2, -0.15) is 0 Å². The van der Waals surface area contributed by atoms with Crippen molar-refractivity contribution in [3.63, 3.8) is 0 Å². The van der Waals surface area contributed by atoms with Crippen LogP contribution in [0.25, 0.3) is 0 Å². The summed E-state index contributed by atoms with van der Waals surface area (Å²) in [6.45, 7) is 5.07. The standard InChI is InChI=1S/C12H24O5/c13-10-12-2-1-3-14-4-5-15-6-7-16-8-9-17-11-12/h12-13H,1-11H2. The second kappa shape index (κ2) is 10.9. The molecule has 0 amide bonds. The van der Waals surface area contributed by atoms with Gasteiger partial charge in [0.25, 0.3) is 0 Å². The third-order valence-electron chi connectivity index (χ3n) is 2.63. The first-order valence-electron chi connectivity index (χ1n) is 6.35. The molecule has 1 aliphatic heterocycles. The summed E-state index contributed by atoms with van der Waals surface area (Å²) in [5.74, 6) is 0.208. The van der Waals surface area contributed by atoms with Crippen LogP contribution in [0.5, 0.6) is 0 Å². The van der Waals surface area contributed by atoms with Crippen molar-refractivity contribution in [2.24, 2.45) is 5.92 Å². The minimum atomic E-state index is 0.171. The summed E-state index contributed by atoms with van der Waals surface area (Å²) < 4.78 is 21.5. The van der Waals surface area contributed by atoms with E-state index in [1.807, 2.05) is 0 Å². The lowest BCUT2D eigenvalue weighted by molar-refractivity contribution is -0.00381. The lowest BCUT2D eigenvalue weighted by Crippen LogP contribution is -2.17. The third-order valence-corrected chi connectivity index (χ3v) is 2.63. The van der Waals surface area contributed by atoms with Crippen LogP contribution >= 0.6 is 0 Å². The molecule has 0 spiro atoms. The molecule has 102 valence electrons. The normalized spacial score (nSPS) is 27.0. The van der Waals surface area contributed by atoms with Crippen molar-refractivity contribution in [3.8, 4) is 0 Å². The second-order valence-corrected chi connectivity index (χ2v) is 4.10. The molecule has 0 radical (unpaired) electrons. The van der Waals surface area contributed by atoms with Crippen molar-refractivity contribution in [2.75, 3.05) is 59.5 Å². The van der Waals surface area contributed by atoms with Crippen molar-refractivity contribution in [2.45, 2.75) is 12.8 Å². The van der Waals surface area contributed by atoms with Crippen molar-refractivity contribution in [1.29, 1.82) is 0 Å². The van der Waals surface area contributed by atoms with Crippen LogP contribution in [0.3, 0.4) is 0 Å². The molecule has 1 saturated heterocycles. The van der Waals surface area contributed by atoms with Gasteiger partial charge >= 0.3 is 0 Å². The summed E-state index contributed by atoms with van der Waals surface area (Å²) in [6.07, 6.45) is 1.88. The lowest BCUT2D eigenvalue weighted by Gasteiger charge is -2.14. The van der Waals surface area contributed by atoms with Gasteiger partial charge < -0.3 is 24.1 Å². The number of hydrogen-bond acceptors (Lipinski definition) is 5. The van der Waals surface area contributed by atoms with E-state index in [1.165, 1.54) is 0 Å². The first-order chi connectivity index (χ1) is 8.43. The Kier molecular flexibility index (Phi) is 9.55. The van der Waals surface area contributed by atoms with Crippen LogP contribution in [0.2, 0.25) is 0 Å². The fraction of sp³-hybridized carbons (Fsp3) is 1.00. The molecule has 1 rings (SSSR count). The van der Waals surface area contributed by atoms with Crippen molar-refractivity contribution < 1.29 is 24.1 Å². The van der Waals surface area contributed by atoms with E-state index in [2.05, 4.69) is 0 Å². The van der Waals surface area contributed by atoms with E-state index in [0.717, 1.165) is 19.4 Å². The van der Waals surface area contributed by atoms with Gasteiger partial charge in [-0.25, -0.2) is 0 Å². The average Bonchev–Trinajstić information content (AvgIpc) is 2.36. The summed E-state index contributed by atoms with van der Waals surface area (Å²) >= 11 is 0. The predicted molar refractivity (Wildman–Crippen MR) is 63.1 cm³/mol. The Morgan fingerprint density at radius 1 is 0.765 bits per heavy atom. The summed E-state index contributed by atoms with van der Waals surface area (Å²) in [5.41, 5.74) is 0. The minimum Gasteiger partial charge on any atom is -0.396 e. The van der Waals surface area contributed by atoms with E-state index < -0.39 is 0 Å². The zero-order chi connectivity index (χ0) is 12.2. The van der Waals surface area contributed by atoms with Gasteiger partial charge in [0, 0.05) is 19.1 Å². The van der Waals surface area contributed by atoms with Gasteiger partial charge in [0.15, 0.2) is 0 Å². The highest BCUT2D eigenvalue weighted by Crippen LogP contribution is 2.06. The molecule has 0 saturated carbocycles. The number of hydrogen-bond donors (Lipinski definition) is 1. The number of aliphatic hydroxyl groups excluding tert-OH is 1. The molecule has 1 heterocycles. The fourth-order valence-electron chi connectivity index (χ4n) is 1.61. The van der Waals surface area contributed by atoms with E-state index in [4.69, 9.17) is 24.1 Å². The van der Waals surface area contributed by atoms with Crippen LogP contribution in [0.15, 0.2) is 0 Å². The smallest absolute Gasteiger partial charge is 0.0701 e. The topological polar surface area (TPSA) is 57.2 Å². The molecule has 0 bridgehead atoms. The average molecular weight is 248 g/mol. The Morgan fingerprint density at radius 2 is 1.29 bits per heavy atom. The van der Waals surface area contributed by atoms with Gasteiger partial charge in [0.1, 0.15) is 0 Å². The molecular weight excluding hydrogens is 224 g/mol. The molecule has 0 aromatic heterocycles. The zero-order valence-corrected chi connectivity index (χ0v) is 10.4. The molecule has 17 heavy (non-hydrogen) atoms. The summed E-state index contributed by atoms with van der Waals surface area (Å²) in [7, 11) is 0. The SMILES string of the molecule is OCC1CCCOCCOCCOCCOC1. The molecule has 0 aromatic rings. The quantitative estimate of drug-likeness (QED) is 0.730. The summed E-state index contributed by atoms with van der Waals surface area (Å²) in [6, 6.07) is 0. The van der Waals surface area contributed by atoms with Crippen molar-refractivity contribution in [1.82, 2.24) is 0 Å². The van der Waals surface area contributed by atoms with Gasteiger partial charge in [-0.1, -0.05) is 0 Å². The van der Waals surface area contributed by atoms with Gasteiger partial charge in [-0.3, -0.25) is 0 Å². The number of ether oxygens (including phenoxy) is 4. The van der Waals surface area contributed by atoms with Crippen LogP contribution in [0.1, 0.15) is 12.8 Å². The number of rotatable bonds is 1. The molecule has 5 heteroatoms. The van der Waals surface area contributed by atoms with Crippen LogP contribution < -0.4 is 0 Å². The van der Waals surface area contributed by atoms with Gasteiger partial charge in [0.05, 0.1) is 46.2 Å². The first-order valence-corrected chi connectivity index (χ1v) is 6.35. The first kappa shape index (κ1) is 14.9. The van der Waals surface area contributed by atoms with Crippen LogP contribution in [-0.2, 0) is 18.9 Å². The maximum Gasteiger partial charge on any atom is 0.0701 e. The highest BCUT2D eigenvalue weighted by atomic mass is 16.6. The lowest BCUT2D eigenvalue weighted by atomic mass is 10.1. The van der Waals surface area contributed by atoms with E-state index in [0.29, 0.717) is 46.2 Å².